The van der Waals surface area contributed by atoms with Crippen molar-refractivity contribution in [1.82, 2.24) is 24.9 Å². The number of nitrogens with zero attached hydrogens (tertiary/aromatic N) is 5. The number of anilines is 1. The maximum atomic E-state index is 13.7. The van der Waals surface area contributed by atoms with Gasteiger partial charge in [-0.2, -0.15) is 5.10 Å². The summed E-state index contributed by atoms with van der Waals surface area (Å²) >= 11 is 0. The third kappa shape index (κ3) is 4.94. The summed E-state index contributed by atoms with van der Waals surface area (Å²) in [6, 6.07) is 14.0. The molecule has 2 heterocycles. The lowest BCUT2D eigenvalue weighted by molar-refractivity contribution is -0.116. The number of carbonyl (C=O) groups is 2. The van der Waals surface area contributed by atoms with Gasteiger partial charge in [0.25, 0.3) is 0 Å². The van der Waals surface area contributed by atoms with Crippen LogP contribution in [0.5, 0.6) is 0 Å². The Balaban J connectivity index is 1.32. The lowest BCUT2D eigenvalue weighted by Crippen LogP contribution is -2.59. The van der Waals surface area contributed by atoms with E-state index in [-0.39, 0.29) is 29.4 Å². The van der Waals surface area contributed by atoms with Gasteiger partial charge in [-0.05, 0) is 76.7 Å². The molecule has 198 valence electrons. The summed E-state index contributed by atoms with van der Waals surface area (Å²) in [4.78, 5) is 32.3. The van der Waals surface area contributed by atoms with E-state index in [2.05, 4.69) is 58.8 Å². The largest absolute Gasteiger partial charge is 0.388 e. The average Bonchev–Trinajstić information content (AvgIpc) is 3.13. The van der Waals surface area contributed by atoms with Gasteiger partial charge < -0.3 is 20.2 Å². The number of hydrogen-bond donors (Lipinski definition) is 2. The highest BCUT2D eigenvalue weighted by Gasteiger charge is 2.56. The van der Waals surface area contributed by atoms with Gasteiger partial charge >= 0.3 is 6.03 Å². The molecule has 37 heavy (non-hydrogen) atoms. The molecule has 3 amide bonds. The van der Waals surface area contributed by atoms with E-state index < -0.39 is 5.60 Å². The predicted molar refractivity (Wildman–Crippen MR) is 141 cm³/mol. The lowest BCUT2D eigenvalue weighted by Gasteiger charge is -2.52. The quantitative estimate of drug-likeness (QED) is 0.570. The van der Waals surface area contributed by atoms with Crippen LogP contribution in [0, 0.1) is 0 Å². The number of carbonyl (C=O) groups excluding carboxylic acids is 2. The SMILES string of the molecule is CN(C)[C@]1(c2ccccc2)CC[C@@]2(CC1)CN(CCC(=O)Nc1cccnn1)C(=O)N2CC1(O)CCC1. The summed E-state index contributed by atoms with van der Waals surface area (Å²) < 4.78 is 0. The van der Waals surface area contributed by atoms with Gasteiger partial charge in [-0.25, -0.2) is 4.79 Å². The molecule has 2 saturated carbocycles. The molecule has 3 fully saturated rings. The Kier molecular flexibility index (Phi) is 6.93. The molecule has 2 aromatic rings. The predicted octanol–water partition coefficient (Wildman–Crippen LogP) is 3.23. The van der Waals surface area contributed by atoms with Crippen LogP contribution in [0.3, 0.4) is 0 Å². The Bertz CT molecular complexity index is 1100. The van der Waals surface area contributed by atoms with Crippen LogP contribution in [0.15, 0.2) is 48.7 Å². The van der Waals surface area contributed by atoms with Gasteiger partial charge in [0.15, 0.2) is 5.82 Å². The van der Waals surface area contributed by atoms with Crippen LogP contribution < -0.4 is 5.32 Å². The molecule has 1 aromatic carbocycles. The molecule has 1 aromatic heterocycles. The van der Waals surface area contributed by atoms with Gasteiger partial charge in [-0.15, -0.1) is 5.10 Å². The molecular formula is C28H38N6O3. The van der Waals surface area contributed by atoms with Crippen LogP contribution in [-0.2, 0) is 10.3 Å². The van der Waals surface area contributed by atoms with E-state index in [0.29, 0.717) is 25.5 Å². The van der Waals surface area contributed by atoms with E-state index in [1.165, 1.54) is 5.56 Å². The topological polar surface area (TPSA) is 102 Å². The normalized spacial score (nSPS) is 27.0. The first kappa shape index (κ1) is 25.6. The number of benzene rings is 1. The van der Waals surface area contributed by atoms with Crippen molar-refractivity contribution in [2.24, 2.45) is 0 Å². The third-order valence-corrected chi connectivity index (χ3v) is 8.92. The minimum absolute atomic E-state index is 0.0651. The van der Waals surface area contributed by atoms with Gasteiger partial charge in [0.1, 0.15) is 0 Å². The van der Waals surface area contributed by atoms with E-state index in [1.807, 2.05) is 15.9 Å². The molecule has 1 spiro atoms. The second-order valence-electron chi connectivity index (χ2n) is 11.3. The van der Waals surface area contributed by atoms with Crippen LogP contribution in [0.1, 0.15) is 56.9 Å². The minimum Gasteiger partial charge on any atom is -0.388 e. The van der Waals surface area contributed by atoms with Crippen LogP contribution in [0.2, 0.25) is 0 Å². The number of aromatic nitrogens is 2. The van der Waals surface area contributed by atoms with Crippen LogP contribution in [0.4, 0.5) is 10.6 Å². The Morgan fingerprint density at radius 3 is 2.38 bits per heavy atom. The maximum absolute atomic E-state index is 13.7. The van der Waals surface area contributed by atoms with E-state index in [0.717, 1.165) is 44.9 Å². The Morgan fingerprint density at radius 2 is 1.78 bits per heavy atom. The fraction of sp³-hybridized carbons (Fsp3) is 0.571. The van der Waals surface area contributed by atoms with E-state index >= 15 is 0 Å². The molecule has 9 nitrogen and oxygen atoms in total. The van der Waals surface area contributed by atoms with Crippen LogP contribution in [-0.4, -0.2) is 86.8 Å². The monoisotopic (exact) mass is 506 g/mol. The molecule has 0 unspecified atom stereocenters. The zero-order chi connectivity index (χ0) is 26.1. The number of aliphatic hydroxyl groups is 1. The summed E-state index contributed by atoms with van der Waals surface area (Å²) in [7, 11) is 4.28. The summed E-state index contributed by atoms with van der Waals surface area (Å²) in [5.41, 5.74) is 0.0923. The molecule has 0 atom stereocenters. The number of β-amino-alcohol motifs (C(OH)–C–C–N with tert-alkyl or cyclic N) is 1. The number of hydrogen-bond acceptors (Lipinski definition) is 6. The first-order chi connectivity index (χ1) is 17.8. The van der Waals surface area contributed by atoms with Crippen molar-refractivity contribution >= 4 is 17.8 Å². The molecule has 0 bridgehead atoms. The lowest BCUT2D eigenvalue weighted by atomic mass is 9.67. The maximum Gasteiger partial charge on any atom is 0.320 e. The highest BCUT2D eigenvalue weighted by atomic mass is 16.3. The summed E-state index contributed by atoms with van der Waals surface area (Å²) in [5.74, 6) is 0.205. The number of nitrogens with one attached hydrogen (secondary N) is 1. The van der Waals surface area contributed by atoms with Crippen molar-refractivity contribution in [3.8, 4) is 0 Å². The Hall–Kier alpha value is -3.04. The van der Waals surface area contributed by atoms with E-state index in [9.17, 15) is 14.7 Å². The zero-order valence-corrected chi connectivity index (χ0v) is 21.9. The Morgan fingerprint density at radius 1 is 1.05 bits per heavy atom. The fourth-order valence-electron chi connectivity index (χ4n) is 6.44. The molecule has 1 saturated heterocycles. The van der Waals surface area contributed by atoms with Gasteiger partial charge in [0.05, 0.1) is 17.7 Å². The molecule has 3 aliphatic rings. The van der Waals surface area contributed by atoms with Crippen LogP contribution in [0.25, 0.3) is 0 Å². The Labute approximate surface area is 218 Å². The van der Waals surface area contributed by atoms with Crippen molar-refractivity contribution in [3.63, 3.8) is 0 Å². The molecule has 1 aliphatic heterocycles. The van der Waals surface area contributed by atoms with Crippen LogP contribution >= 0.6 is 0 Å². The first-order valence-electron chi connectivity index (χ1n) is 13.3. The second kappa shape index (κ2) is 10.0. The third-order valence-electron chi connectivity index (χ3n) is 8.92. The van der Waals surface area contributed by atoms with Gasteiger partial charge in [-0.3, -0.25) is 9.69 Å². The summed E-state index contributed by atoms with van der Waals surface area (Å²) in [6.45, 7) is 1.28. The molecule has 9 heteroatoms. The first-order valence-corrected chi connectivity index (χ1v) is 13.3. The number of rotatable bonds is 8. The van der Waals surface area contributed by atoms with Gasteiger partial charge in [0, 0.05) is 31.2 Å². The summed E-state index contributed by atoms with van der Waals surface area (Å²) in [6.07, 6.45) is 7.75. The number of urea groups is 1. The second-order valence-corrected chi connectivity index (χ2v) is 11.3. The molecule has 2 aliphatic carbocycles. The van der Waals surface area contributed by atoms with Crippen molar-refractivity contribution in [2.75, 3.05) is 39.0 Å². The minimum atomic E-state index is -0.794. The van der Waals surface area contributed by atoms with Gasteiger partial charge in [0.2, 0.25) is 5.91 Å². The van der Waals surface area contributed by atoms with E-state index in [4.69, 9.17) is 0 Å². The molecule has 5 rings (SSSR count). The highest BCUT2D eigenvalue weighted by molar-refractivity contribution is 5.90. The van der Waals surface area contributed by atoms with E-state index in [1.54, 1.807) is 18.3 Å². The highest BCUT2D eigenvalue weighted by Crippen LogP contribution is 2.50. The zero-order valence-electron chi connectivity index (χ0n) is 21.9. The standard InChI is InChI=1S/C28H38N6O3/c1-32(2)28(22-8-4-3-5-9-22)16-14-26(15-17-28)20-33(25(36)34(26)21-27(37)12-7-13-27)19-11-24(35)30-23-10-6-18-29-31-23/h3-6,8-10,18,37H,7,11-17,19-21H2,1-2H3,(H,30,31,35)/t26-,28-. The fourth-order valence-corrected chi connectivity index (χ4v) is 6.44. The van der Waals surface area contributed by atoms with Crippen molar-refractivity contribution in [3.05, 3.63) is 54.2 Å². The van der Waals surface area contributed by atoms with Gasteiger partial charge in [-0.1, -0.05) is 30.3 Å². The summed E-state index contributed by atoms with van der Waals surface area (Å²) in [5, 5.41) is 21.5. The van der Waals surface area contributed by atoms with Crippen molar-refractivity contribution < 1.29 is 14.7 Å². The number of amides is 3. The molecular weight excluding hydrogens is 468 g/mol. The van der Waals surface area contributed by atoms with Crippen molar-refractivity contribution in [1.29, 1.82) is 0 Å². The molecule has 2 N–H and O–H groups in total. The van der Waals surface area contributed by atoms with Crippen molar-refractivity contribution in [2.45, 2.75) is 68.0 Å². The smallest absolute Gasteiger partial charge is 0.320 e. The average molecular weight is 507 g/mol. The molecule has 0 radical (unpaired) electrons.